The van der Waals surface area contributed by atoms with Gasteiger partial charge in [-0.2, -0.15) is 0 Å². The molecule has 0 N–H and O–H groups in total. The molecule has 4 nitrogen and oxygen atoms in total. The van der Waals surface area contributed by atoms with Crippen LogP contribution in [0.15, 0.2) is 30.3 Å². The van der Waals surface area contributed by atoms with E-state index >= 15 is 0 Å². The summed E-state index contributed by atoms with van der Waals surface area (Å²) < 4.78 is 30.0. The van der Waals surface area contributed by atoms with E-state index in [4.69, 9.17) is 25.0 Å². The Morgan fingerprint density at radius 2 is 0.714 bits per heavy atom. The number of rotatable bonds is 0. The maximum absolute atomic E-state index is 7.50. The van der Waals surface area contributed by atoms with E-state index in [0.29, 0.717) is 0 Å². The second-order valence-electron chi connectivity index (χ2n) is 3.43. The van der Waals surface area contributed by atoms with Crippen molar-refractivity contribution in [1.29, 1.82) is 0 Å². The summed E-state index contributed by atoms with van der Waals surface area (Å²) in [7, 11) is 0. The number of hydrogen-bond acceptors (Lipinski definition) is 0. The monoisotopic (exact) mass is 540 g/mol. The van der Waals surface area contributed by atoms with Gasteiger partial charge >= 0.3 is 45.2 Å². The van der Waals surface area contributed by atoms with Gasteiger partial charge in [-0.3, -0.25) is 0 Å². The van der Waals surface area contributed by atoms with E-state index in [1.165, 1.54) is 0 Å². The molecule has 0 heterocycles. The minimum atomic E-state index is 0. The molecule has 0 bridgehead atoms. The van der Waals surface area contributed by atoms with Crippen LogP contribution >= 0.6 is 0 Å². The van der Waals surface area contributed by atoms with E-state index in [1.54, 1.807) is 0 Å². The van der Waals surface area contributed by atoms with Gasteiger partial charge in [0.05, 0.1) is 0 Å². The van der Waals surface area contributed by atoms with Crippen LogP contribution in [0.3, 0.4) is 0 Å². The molecule has 3 rings (SSSR count). The molecular weight excluding hydrogens is 520 g/mol. The fourth-order valence-electron chi connectivity index (χ4n) is 1.18. The Hall–Kier alpha value is -0.883. The zero-order chi connectivity index (χ0) is 20.9. The number of benzene rings is 1. The molecule has 1 aromatic carbocycles. The summed E-state index contributed by atoms with van der Waals surface area (Å²) in [5.41, 5.74) is 0.938. The predicted octanol–water partition coefficient (Wildman–Crippen LogP) is 3.56. The molecule has 10 radical (unpaired) electrons. The predicted molar refractivity (Wildman–Crippen MR) is 93.1 cm³/mol. The number of terminal acetylenes is 1. The molecule has 2 aliphatic carbocycles. The van der Waals surface area contributed by atoms with E-state index in [-0.39, 0.29) is 42.1 Å². The first-order valence-corrected chi connectivity index (χ1v) is 6.60. The molecule has 140 valence electrons. The van der Waals surface area contributed by atoms with Crippen molar-refractivity contribution in [3.05, 3.63) is 127 Å². The van der Waals surface area contributed by atoms with Crippen LogP contribution in [-0.4, -0.2) is 0 Å². The summed E-state index contributed by atoms with van der Waals surface area (Å²) in [6.45, 7) is 18.0. The van der Waals surface area contributed by atoms with E-state index in [0.717, 1.165) is 5.56 Å². The second-order valence-corrected chi connectivity index (χ2v) is 3.43. The van der Waals surface area contributed by atoms with E-state index in [9.17, 15) is 0 Å². The molecule has 0 unspecified atom stereocenters. The normalized spacial score (nSPS) is 11.1. The summed E-state index contributed by atoms with van der Waals surface area (Å²) in [5.74, 6) is 2.53. The van der Waals surface area contributed by atoms with E-state index in [2.05, 4.69) is 32.5 Å². The maximum atomic E-state index is 7.50. The third-order valence-electron chi connectivity index (χ3n) is 2.05. The van der Waals surface area contributed by atoms with Crippen molar-refractivity contribution in [2.45, 2.75) is 0 Å². The fraction of sp³-hybridized carbons (Fsp3) is 0. The fourth-order valence-corrected chi connectivity index (χ4v) is 1.18. The van der Waals surface area contributed by atoms with Crippen LogP contribution in [0, 0.1) is 103 Å². The van der Waals surface area contributed by atoms with Crippen molar-refractivity contribution in [2.24, 2.45) is 0 Å². The van der Waals surface area contributed by atoms with Gasteiger partial charge in [-0.15, -0.1) is 6.42 Å². The molecule has 0 aromatic heterocycles. The number of hydrogen-bond donors (Lipinski definition) is 0. The topological polar surface area (TPSA) is 79.6 Å². The first-order valence-electron chi connectivity index (χ1n) is 6.60. The minimum Gasteiger partial charge on any atom is -0.0312 e. The van der Waals surface area contributed by atoms with Crippen molar-refractivity contribution < 1.29 is 60.7 Å². The van der Waals surface area contributed by atoms with Gasteiger partial charge in [-0.05, 0) is 76.3 Å². The standard InChI is InChI=1S/C8H6.2C5H5.4CO.2Mo/c1-2-8-6-4-3-5-7-8;2*1-2-4-5-3-1;4*1-2;;/h1,3-7H;2*1-5H;;;;;;. The summed E-state index contributed by atoms with van der Waals surface area (Å²) in [6.07, 6.45) is 25.1. The first kappa shape index (κ1) is 41.5. The Balaban J connectivity index is -0.0000000544. The molecule has 2 saturated carbocycles. The molecule has 0 atom stereocenters. The van der Waals surface area contributed by atoms with Crippen LogP contribution in [0.5, 0.6) is 0 Å². The molecule has 2 fully saturated rings. The third-order valence-corrected chi connectivity index (χ3v) is 2.05. The van der Waals surface area contributed by atoms with Gasteiger partial charge < -0.3 is 0 Å². The molecule has 2 aliphatic rings. The van der Waals surface area contributed by atoms with Gasteiger partial charge in [-0.25, -0.2) is 0 Å². The van der Waals surface area contributed by atoms with Crippen LogP contribution in [-0.2, 0) is 60.7 Å². The summed E-state index contributed by atoms with van der Waals surface area (Å²) in [5, 5.41) is 0. The Labute approximate surface area is 199 Å². The van der Waals surface area contributed by atoms with Gasteiger partial charge in [0.1, 0.15) is 0 Å². The van der Waals surface area contributed by atoms with Crippen LogP contribution in [0.1, 0.15) is 5.56 Å². The summed E-state index contributed by atoms with van der Waals surface area (Å²) in [4.78, 5) is 0. The molecular formula is C22H16Mo2O4. The van der Waals surface area contributed by atoms with Gasteiger partial charge in [-0.1, -0.05) is 24.1 Å². The van der Waals surface area contributed by atoms with E-state index < -0.39 is 0 Å². The first-order chi connectivity index (χ1) is 12.9. The van der Waals surface area contributed by atoms with E-state index in [1.807, 2.05) is 94.5 Å². The quantitative estimate of drug-likeness (QED) is 0.211. The van der Waals surface area contributed by atoms with Gasteiger partial charge in [0.15, 0.2) is 0 Å². The molecule has 6 heteroatoms. The van der Waals surface area contributed by atoms with Crippen molar-refractivity contribution >= 4 is 0 Å². The van der Waals surface area contributed by atoms with Crippen molar-refractivity contribution in [1.82, 2.24) is 0 Å². The molecule has 1 aromatic rings. The smallest absolute Gasteiger partial charge is 0 e. The molecule has 0 aliphatic heterocycles. The van der Waals surface area contributed by atoms with Gasteiger partial charge in [0.2, 0.25) is 0 Å². The molecule has 0 spiro atoms. The van der Waals surface area contributed by atoms with Gasteiger partial charge in [0, 0.05) is 47.7 Å². The average Bonchev–Trinajstić information content (AvgIpc) is 3.54. The molecule has 28 heavy (non-hydrogen) atoms. The Morgan fingerprint density at radius 3 is 0.857 bits per heavy atom. The second kappa shape index (κ2) is 50.2. The zero-order valence-electron chi connectivity index (χ0n) is 14.7. The van der Waals surface area contributed by atoms with Crippen LogP contribution in [0.2, 0.25) is 0 Å². The molecule has 0 amide bonds. The van der Waals surface area contributed by atoms with Gasteiger partial charge in [0.25, 0.3) is 0 Å². The Kier molecular flexibility index (Phi) is 74.4. The largest absolute Gasteiger partial charge is 0.0312 e. The van der Waals surface area contributed by atoms with Crippen molar-refractivity contribution in [3.63, 3.8) is 0 Å². The van der Waals surface area contributed by atoms with Crippen LogP contribution in [0.4, 0.5) is 0 Å². The van der Waals surface area contributed by atoms with Crippen molar-refractivity contribution in [3.8, 4) is 12.3 Å². The van der Waals surface area contributed by atoms with Crippen LogP contribution in [0.25, 0.3) is 0 Å². The Morgan fingerprint density at radius 1 is 0.500 bits per heavy atom. The minimum absolute atomic E-state index is 0. The SMILES string of the molecule is C#Cc1ccccc1.[C-]#[O+].[C-]#[O+].[C-]#[O+].[C-]#[O+].[CH]1[CH][CH][CH][CH]1.[CH]1[CH][CH][CH][CH]1.[Mo].[Mo]. The summed E-state index contributed by atoms with van der Waals surface area (Å²) in [6, 6.07) is 9.60. The maximum Gasteiger partial charge on any atom is 0 e. The molecule has 0 saturated heterocycles. The average molecular weight is 536 g/mol. The van der Waals surface area contributed by atoms with Crippen molar-refractivity contribution in [2.75, 3.05) is 0 Å². The van der Waals surface area contributed by atoms with Crippen LogP contribution < -0.4 is 0 Å². The zero-order valence-corrected chi connectivity index (χ0v) is 18.7. The summed E-state index contributed by atoms with van der Waals surface area (Å²) >= 11 is 0. The Bertz CT molecular complexity index is 431. The third kappa shape index (κ3) is 40.0.